The largest absolute Gasteiger partial charge is 0.468 e. The molecule has 0 fully saturated rings. The van der Waals surface area contributed by atoms with Crippen molar-refractivity contribution in [3.8, 4) is 0 Å². The van der Waals surface area contributed by atoms with Crippen LogP contribution in [-0.2, 0) is 9.53 Å². The fourth-order valence-electron chi connectivity index (χ4n) is 2.08. The fraction of sp³-hybridized carbons (Fsp3) is 0.267. The highest BCUT2D eigenvalue weighted by molar-refractivity contribution is 6.13. The van der Waals surface area contributed by atoms with Crippen LogP contribution in [0.5, 0.6) is 0 Å². The van der Waals surface area contributed by atoms with Crippen LogP contribution in [0.1, 0.15) is 23.8 Å². The molecule has 0 bridgehead atoms. The van der Waals surface area contributed by atoms with Gasteiger partial charge in [0.05, 0.1) is 7.11 Å². The highest BCUT2D eigenvalue weighted by atomic mass is 16.5. The minimum Gasteiger partial charge on any atom is -0.468 e. The Balaban J connectivity index is 2.49. The molecule has 1 atom stereocenters. The van der Waals surface area contributed by atoms with E-state index in [0.717, 1.165) is 10.8 Å². The van der Waals surface area contributed by atoms with Gasteiger partial charge in [0.2, 0.25) is 0 Å². The lowest BCUT2D eigenvalue weighted by atomic mass is 9.95. The van der Waals surface area contributed by atoms with Crippen LogP contribution >= 0.6 is 0 Å². The maximum Gasteiger partial charge on any atom is 0.316 e. The minimum atomic E-state index is -0.789. The minimum absolute atomic E-state index is 0.286. The van der Waals surface area contributed by atoms with Crippen LogP contribution < -0.4 is 0 Å². The van der Waals surface area contributed by atoms with Crippen LogP contribution in [0.15, 0.2) is 36.5 Å². The van der Waals surface area contributed by atoms with Crippen LogP contribution in [0, 0.1) is 5.92 Å². The Morgan fingerprint density at radius 2 is 2.00 bits per heavy atom. The first kappa shape index (κ1) is 13.2. The summed E-state index contributed by atoms with van der Waals surface area (Å²) in [6, 6.07) is 9.33. The summed E-state index contributed by atoms with van der Waals surface area (Å²) in [5.41, 5.74) is 0.329. The van der Waals surface area contributed by atoms with Gasteiger partial charge in [-0.1, -0.05) is 31.2 Å². The Kier molecular flexibility index (Phi) is 3.90. The first-order chi connectivity index (χ1) is 9.19. The summed E-state index contributed by atoms with van der Waals surface area (Å²) in [5, 5.41) is 1.69. The van der Waals surface area contributed by atoms with Crippen molar-refractivity contribution in [1.82, 2.24) is 4.98 Å². The highest BCUT2D eigenvalue weighted by Gasteiger charge is 2.28. The second-order valence-corrected chi connectivity index (χ2v) is 4.23. The van der Waals surface area contributed by atoms with E-state index in [2.05, 4.69) is 9.72 Å². The van der Waals surface area contributed by atoms with Crippen molar-refractivity contribution in [1.29, 1.82) is 0 Å². The normalized spacial score (nSPS) is 12.1. The van der Waals surface area contributed by atoms with Crippen LogP contribution in [-0.4, -0.2) is 23.8 Å². The lowest BCUT2D eigenvalue weighted by Crippen LogP contribution is -2.25. The molecule has 1 aromatic heterocycles. The number of carbonyl (C=O) groups is 2. The molecule has 1 unspecified atom stereocenters. The van der Waals surface area contributed by atoms with Crippen LogP contribution in [0.25, 0.3) is 10.8 Å². The predicted octanol–water partition coefficient (Wildman–Crippen LogP) is 2.62. The molecular weight excluding hydrogens is 242 g/mol. The molecule has 0 N–H and O–H groups in total. The molecule has 0 aliphatic heterocycles. The van der Waals surface area contributed by atoms with Gasteiger partial charge in [0, 0.05) is 11.6 Å². The van der Waals surface area contributed by atoms with Crippen LogP contribution in [0.3, 0.4) is 0 Å². The highest BCUT2D eigenvalue weighted by Crippen LogP contribution is 2.21. The SMILES string of the molecule is CCC(C(=O)OC)C(=O)c1nccc2ccccc12. The van der Waals surface area contributed by atoms with Gasteiger partial charge in [-0.05, 0) is 17.9 Å². The molecule has 0 amide bonds. The maximum atomic E-state index is 12.4. The van der Waals surface area contributed by atoms with Gasteiger partial charge in [-0.3, -0.25) is 14.6 Å². The summed E-state index contributed by atoms with van der Waals surface area (Å²) in [6.07, 6.45) is 1.98. The second kappa shape index (κ2) is 5.61. The molecule has 0 aliphatic rings. The number of hydrogen-bond acceptors (Lipinski definition) is 4. The molecule has 1 heterocycles. The Morgan fingerprint density at radius 3 is 2.68 bits per heavy atom. The van der Waals surface area contributed by atoms with Gasteiger partial charge in [-0.25, -0.2) is 0 Å². The first-order valence-electron chi connectivity index (χ1n) is 6.14. The van der Waals surface area contributed by atoms with Gasteiger partial charge in [-0.15, -0.1) is 0 Å². The number of aromatic nitrogens is 1. The lowest BCUT2D eigenvalue weighted by molar-refractivity contribution is -0.143. The van der Waals surface area contributed by atoms with E-state index in [1.54, 1.807) is 13.1 Å². The Bertz CT molecular complexity index is 616. The monoisotopic (exact) mass is 257 g/mol. The number of carbonyl (C=O) groups excluding carboxylic acids is 2. The molecule has 1 aromatic carbocycles. The van der Waals surface area contributed by atoms with E-state index in [-0.39, 0.29) is 5.78 Å². The number of Topliss-reactive ketones (excluding diaryl/α,β-unsaturated/α-hetero) is 1. The van der Waals surface area contributed by atoms with Crippen molar-refractivity contribution in [2.24, 2.45) is 5.92 Å². The van der Waals surface area contributed by atoms with E-state index < -0.39 is 11.9 Å². The third-order valence-corrected chi connectivity index (χ3v) is 3.12. The average Bonchev–Trinajstić information content (AvgIpc) is 2.47. The van der Waals surface area contributed by atoms with Gasteiger partial charge in [0.1, 0.15) is 11.6 Å². The van der Waals surface area contributed by atoms with E-state index >= 15 is 0 Å². The average molecular weight is 257 g/mol. The standard InChI is InChI=1S/C15H15NO3/c1-3-11(15(18)19-2)14(17)13-12-7-5-4-6-10(12)8-9-16-13/h4-9,11H,3H2,1-2H3. The number of ketones is 1. The number of esters is 1. The Hall–Kier alpha value is -2.23. The van der Waals surface area contributed by atoms with E-state index in [1.807, 2.05) is 30.3 Å². The number of methoxy groups -OCH3 is 1. The molecule has 0 spiro atoms. The molecule has 98 valence electrons. The third kappa shape index (κ3) is 2.47. The number of rotatable bonds is 4. The Morgan fingerprint density at radius 1 is 1.26 bits per heavy atom. The van der Waals surface area contributed by atoms with Crippen molar-refractivity contribution < 1.29 is 14.3 Å². The topological polar surface area (TPSA) is 56.3 Å². The molecule has 0 aliphatic carbocycles. The zero-order valence-electron chi connectivity index (χ0n) is 10.9. The summed E-state index contributed by atoms with van der Waals surface area (Å²) in [6.45, 7) is 1.78. The molecule has 0 radical (unpaired) electrons. The molecule has 0 saturated heterocycles. The number of hydrogen-bond donors (Lipinski definition) is 0. The molecule has 0 saturated carbocycles. The van der Waals surface area contributed by atoms with Crippen molar-refractivity contribution in [3.05, 3.63) is 42.2 Å². The third-order valence-electron chi connectivity index (χ3n) is 3.12. The summed E-state index contributed by atoms with van der Waals surface area (Å²) in [7, 11) is 1.29. The number of benzene rings is 1. The predicted molar refractivity (Wildman–Crippen MR) is 71.9 cm³/mol. The quantitative estimate of drug-likeness (QED) is 0.480. The molecule has 4 heteroatoms. The van der Waals surface area contributed by atoms with Crippen molar-refractivity contribution >= 4 is 22.5 Å². The zero-order valence-corrected chi connectivity index (χ0v) is 10.9. The van der Waals surface area contributed by atoms with Crippen molar-refractivity contribution in [2.75, 3.05) is 7.11 Å². The van der Waals surface area contributed by atoms with Gasteiger partial charge < -0.3 is 4.74 Å². The van der Waals surface area contributed by atoms with Crippen molar-refractivity contribution in [2.45, 2.75) is 13.3 Å². The number of fused-ring (bicyclic) bond motifs is 1. The summed E-state index contributed by atoms with van der Waals surface area (Å²) < 4.78 is 4.67. The number of ether oxygens (including phenoxy) is 1. The molecule has 4 nitrogen and oxygen atoms in total. The Labute approximate surface area is 111 Å². The van der Waals surface area contributed by atoms with E-state index in [9.17, 15) is 9.59 Å². The first-order valence-corrected chi connectivity index (χ1v) is 6.14. The summed E-state index contributed by atoms with van der Waals surface area (Å²) in [4.78, 5) is 28.2. The van der Waals surface area contributed by atoms with Gasteiger partial charge in [-0.2, -0.15) is 0 Å². The lowest BCUT2D eigenvalue weighted by Gasteiger charge is -2.12. The molecule has 2 rings (SSSR count). The van der Waals surface area contributed by atoms with Crippen LogP contribution in [0.4, 0.5) is 0 Å². The van der Waals surface area contributed by atoms with E-state index in [0.29, 0.717) is 12.1 Å². The van der Waals surface area contributed by atoms with Crippen molar-refractivity contribution in [3.63, 3.8) is 0 Å². The van der Waals surface area contributed by atoms with E-state index in [4.69, 9.17) is 0 Å². The van der Waals surface area contributed by atoms with Gasteiger partial charge >= 0.3 is 5.97 Å². The summed E-state index contributed by atoms with van der Waals surface area (Å²) >= 11 is 0. The van der Waals surface area contributed by atoms with E-state index in [1.165, 1.54) is 7.11 Å². The zero-order chi connectivity index (χ0) is 13.8. The molecule has 2 aromatic rings. The fourth-order valence-corrected chi connectivity index (χ4v) is 2.08. The molecule has 19 heavy (non-hydrogen) atoms. The summed E-state index contributed by atoms with van der Waals surface area (Å²) in [5.74, 6) is -1.59. The molecular formula is C15H15NO3. The number of pyridine rings is 1. The second-order valence-electron chi connectivity index (χ2n) is 4.23. The van der Waals surface area contributed by atoms with Crippen LogP contribution in [0.2, 0.25) is 0 Å². The number of nitrogens with zero attached hydrogens (tertiary/aromatic N) is 1. The smallest absolute Gasteiger partial charge is 0.316 e. The maximum absolute atomic E-state index is 12.4. The van der Waals surface area contributed by atoms with Gasteiger partial charge in [0.15, 0.2) is 5.78 Å². The van der Waals surface area contributed by atoms with Gasteiger partial charge in [0.25, 0.3) is 0 Å².